The molecule has 0 atom stereocenters. The number of likely N-dealkylation sites (N-methyl/N-ethyl adjacent to an activating group) is 1. The van der Waals surface area contributed by atoms with E-state index in [4.69, 9.17) is 0 Å². The van der Waals surface area contributed by atoms with Crippen LogP contribution in [0.2, 0.25) is 0 Å². The molecule has 0 bridgehead atoms. The number of hydrogen-bond acceptors (Lipinski definition) is 10. The highest BCUT2D eigenvalue weighted by atomic mass is 32.2. The Kier molecular flexibility index (Phi) is 15.3. The first-order valence-electron chi connectivity index (χ1n) is 16.2. The lowest BCUT2D eigenvalue weighted by Crippen LogP contribution is -2.38. The topological polar surface area (TPSA) is 125 Å². The molecule has 0 unspecified atom stereocenters. The van der Waals surface area contributed by atoms with E-state index in [1.807, 2.05) is 57.3 Å². The standard InChI is InChI=1S/C36H50N8O3S/c1-8-16-42(36(46)23-37-6)18-15-39-22-31(38-7)28-12-14-34-33(19-28)44(47)32-13-11-29(20-35(32)48-34)30(10-3)41-26(4)24-43(17-9-2)27(5)21-40-25-45/h10-15,19-20,22,25,37-38,41,47H,4-5,8-9,16-18,21,23-24H2,1-3,6-7H3,(H,40,45)/b30-10-,31-22-,39-15?. The summed E-state index contributed by atoms with van der Waals surface area (Å²) in [5, 5.41) is 24.8. The second-order valence-corrected chi connectivity index (χ2v) is 12.3. The zero-order chi connectivity index (χ0) is 35.1. The Bertz CT molecular complexity index is 1540. The van der Waals surface area contributed by atoms with Crippen LogP contribution in [0.3, 0.4) is 0 Å². The van der Waals surface area contributed by atoms with Crippen molar-refractivity contribution in [2.45, 2.75) is 43.4 Å². The molecule has 0 saturated heterocycles. The van der Waals surface area contributed by atoms with Crippen LogP contribution in [0.15, 0.2) is 88.0 Å². The number of carbonyl (C=O) groups is 2. The van der Waals surface area contributed by atoms with Crippen LogP contribution in [-0.4, -0.2) is 86.9 Å². The first-order chi connectivity index (χ1) is 23.2. The first-order valence-corrected chi connectivity index (χ1v) is 17.0. The molecule has 1 aliphatic rings. The average Bonchev–Trinajstić information content (AvgIpc) is 3.08. The summed E-state index contributed by atoms with van der Waals surface area (Å²) in [4.78, 5) is 33.3. The van der Waals surface area contributed by atoms with E-state index in [1.165, 1.54) is 5.06 Å². The summed E-state index contributed by atoms with van der Waals surface area (Å²) in [6.45, 7) is 17.6. The fourth-order valence-electron chi connectivity index (χ4n) is 5.19. The van der Waals surface area contributed by atoms with Gasteiger partial charge in [0.2, 0.25) is 12.3 Å². The van der Waals surface area contributed by atoms with Crippen LogP contribution < -0.4 is 26.3 Å². The molecule has 12 heteroatoms. The smallest absolute Gasteiger partial charge is 0.236 e. The third-order valence-corrected chi connectivity index (χ3v) is 8.70. The maximum Gasteiger partial charge on any atom is 0.236 e. The molecule has 1 aliphatic heterocycles. The predicted octanol–water partition coefficient (Wildman–Crippen LogP) is 5.16. The molecule has 0 aliphatic carbocycles. The molecule has 0 spiro atoms. The van der Waals surface area contributed by atoms with Gasteiger partial charge in [0.05, 0.1) is 49.5 Å². The van der Waals surface area contributed by atoms with Crippen molar-refractivity contribution in [1.29, 1.82) is 0 Å². The molecule has 48 heavy (non-hydrogen) atoms. The van der Waals surface area contributed by atoms with E-state index in [-0.39, 0.29) is 5.91 Å². The Hall–Kier alpha value is -4.52. The van der Waals surface area contributed by atoms with E-state index in [0.29, 0.717) is 50.5 Å². The predicted molar refractivity (Wildman–Crippen MR) is 198 cm³/mol. The van der Waals surface area contributed by atoms with Crippen molar-refractivity contribution in [2.75, 3.05) is 58.4 Å². The normalized spacial score (nSPS) is 12.7. The highest BCUT2D eigenvalue weighted by Crippen LogP contribution is 2.48. The molecule has 0 aromatic heterocycles. The summed E-state index contributed by atoms with van der Waals surface area (Å²) < 4.78 is 0. The second-order valence-electron chi connectivity index (χ2n) is 11.2. The highest BCUT2D eigenvalue weighted by molar-refractivity contribution is 7.99. The summed E-state index contributed by atoms with van der Waals surface area (Å²) in [5.74, 6) is 0.0387. The van der Waals surface area contributed by atoms with Crippen molar-refractivity contribution in [3.8, 4) is 0 Å². The molecule has 0 fully saturated rings. The molecule has 258 valence electrons. The van der Waals surface area contributed by atoms with Gasteiger partial charge in [0, 0.05) is 58.8 Å². The molecule has 5 N–H and O–H groups in total. The van der Waals surface area contributed by atoms with Crippen LogP contribution in [0.25, 0.3) is 11.4 Å². The average molecular weight is 675 g/mol. The Morgan fingerprint density at radius 2 is 1.69 bits per heavy atom. The number of rotatable bonds is 20. The molecule has 2 aromatic rings. The van der Waals surface area contributed by atoms with E-state index in [1.54, 1.807) is 36.1 Å². The fourth-order valence-corrected chi connectivity index (χ4v) is 6.26. The molecular weight excluding hydrogens is 625 g/mol. The molecular formula is C36H50N8O3S. The van der Waals surface area contributed by atoms with Crippen molar-refractivity contribution < 1.29 is 14.8 Å². The van der Waals surface area contributed by atoms with Crippen molar-refractivity contribution in [3.05, 3.63) is 84.4 Å². The maximum atomic E-state index is 12.3. The Balaban J connectivity index is 1.74. The van der Waals surface area contributed by atoms with Crippen LogP contribution in [0.5, 0.6) is 0 Å². The number of allylic oxidation sites excluding steroid dienone is 1. The minimum Gasteiger partial charge on any atom is -0.386 e. The summed E-state index contributed by atoms with van der Waals surface area (Å²) in [6, 6.07) is 11.9. The summed E-state index contributed by atoms with van der Waals surface area (Å²) in [5.41, 5.74) is 6.49. The molecule has 3 rings (SSSR count). The van der Waals surface area contributed by atoms with Crippen LogP contribution >= 0.6 is 11.8 Å². The lowest BCUT2D eigenvalue weighted by atomic mass is 10.1. The lowest BCUT2D eigenvalue weighted by Gasteiger charge is -2.29. The molecule has 11 nitrogen and oxygen atoms in total. The van der Waals surface area contributed by atoms with Gasteiger partial charge >= 0.3 is 0 Å². The molecule has 2 amide bonds. The van der Waals surface area contributed by atoms with Gasteiger partial charge < -0.3 is 31.1 Å². The van der Waals surface area contributed by atoms with E-state index in [9.17, 15) is 14.8 Å². The number of hydrogen-bond donors (Lipinski definition) is 5. The van der Waals surface area contributed by atoms with E-state index >= 15 is 0 Å². The Morgan fingerprint density at radius 3 is 2.35 bits per heavy atom. The first kappa shape index (κ1) is 37.9. The van der Waals surface area contributed by atoms with Crippen molar-refractivity contribution in [2.24, 2.45) is 4.99 Å². The fraction of sp³-hybridized carbons (Fsp3) is 0.361. The van der Waals surface area contributed by atoms with Crippen LogP contribution in [0.1, 0.15) is 44.7 Å². The van der Waals surface area contributed by atoms with Crippen LogP contribution in [-0.2, 0) is 9.59 Å². The van der Waals surface area contributed by atoms with Gasteiger partial charge in [0.1, 0.15) is 0 Å². The zero-order valence-corrected chi connectivity index (χ0v) is 29.6. The van der Waals surface area contributed by atoms with Crippen LogP contribution in [0.4, 0.5) is 11.4 Å². The largest absolute Gasteiger partial charge is 0.386 e. The molecule has 2 aromatic carbocycles. The summed E-state index contributed by atoms with van der Waals surface area (Å²) >= 11 is 1.59. The van der Waals surface area contributed by atoms with Gasteiger partial charge in [-0.25, -0.2) is 5.06 Å². The van der Waals surface area contributed by atoms with Gasteiger partial charge in [0.15, 0.2) is 0 Å². The van der Waals surface area contributed by atoms with Gasteiger partial charge in [-0.05, 0) is 56.6 Å². The third-order valence-electron chi connectivity index (χ3n) is 7.58. The number of amides is 2. The number of benzene rings is 2. The van der Waals surface area contributed by atoms with E-state index in [0.717, 1.165) is 63.1 Å². The van der Waals surface area contributed by atoms with Crippen molar-refractivity contribution >= 4 is 53.1 Å². The summed E-state index contributed by atoms with van der Waals surface area (Å²) in [6.07, 6.45) is 7.94. The van der Waals surface area contributed by atoms with Gasteiger partial charge in [0.25, 0.3) is 0 Å². The second kappa shape index (κ2) is 19.3. The number of anilines is 2. The van der Waals surface area contributed by atoms with Crippen LogP contribution in [0, 0.1) is 0 Å². The van der Waals surface area contributed by atoms with Gasteiger partial charge in [-0.2, -0.15) is 0 Å². The van der Waals surface area contributed by atoms with E-state index < -0.39 is 0 Å². The number of nitrogens with one attached hydrogen (secondary N) is 4. The number of aliphatic imine (C=N–C) groups is 1. The van der Waals surface area contributed by atoms with Crippen molar-refractivity contribution in [3.63, 3.8) is 0 Å². The van der Waals surface area contributed by atoms with Gasteiger partial charge in [-0.3, -0.25) is 19.8 Å². The molecule has 0 saturated carbocycles. The van der Waals surface area contributed by atoms with Gasteiger partial charge in [-0.1, -0.05) is 57.0 Å². The van der Waals surface area contributed by atoms with Gasteiger partial charge in [-0.15, -0.1) is 0 Å². The Labute approximate surface area is 289 Å². The molecule has 1 heterocycles. The highest BCUT2D eigenvalue weighted by Gasteiger charge is 2.24. The number of nitrogens with zero attached hydrogens (tertiary/aromatic N) is 4. The van der Waals surface area contributed by atoms with E-state index in [2.05, 4.69) is 57.3 Å². The quantitative estimate of drug-likeness (QED) is 0.0957. The number of carbonyl (C=O) groups excluding carboxylic acids is 2. The molecule has 0 radical (unpaired) electrons. The third kappa shape index (κ3) is 10.2. The minimum absolute atomic E-state index is 0.0387. The maximum absolute atomic E-state index is 12.3. The monoisotopic (exact) mass is 674 g/mol. The lowest BCUT2D eigenvalue weighted by molar-refractivity contribution is -0.129. The summed E-state index contributed by atoms with van der Waals surface area (Å²) in [7, 11) is 3.59. The number of fused-ring (bicyclic) bond motifs is 2. The van der Waals surface area contributed by atoms with Crippen molar-refractivity contribution in [1.82, 2.24) is 31.1 Å². The zero-order valence-electron chi connectivity index (χ0n) is 28.8. The SMILES string of the molecule is C=C(CN(CCC)C(=C)CNC=O)N/C(=C\C)c1ccc2c(c1)Sc1ccc(/C(=C/N=CCN(CCC)C(=O)CNC)NC)cc1N2O. The Morgan fingerprint density at radius 1 is 0.979 bits per heavy atom. The minimum atomic E-state index is 0.0387.